The molecule has 1 aliphatic rings. The monoisotopic (exact) mass is 392 g/mol. The van der Waals surface area contributed by atoms with Crippen LogP contribution >= 0.6 is 11.6 Å². The van der Waals surface area contributed by atoms with E-state index in [0.29, 0.717) is 52.6 Å². The van der Waals surface area contributed by atoms with Gasteiger partial charge in [-0.2, -0.15) is 0 Å². The Morgan fingerprint density at radius 1 is 1.07 bits per heavy atom. The van der Waals surface area contributed by atoms with Gasteiger partial charge in [0.05, 0.1) is 24.9 Å². The second-order valence-corrected chi connectivity index (χ2v) is 6.31. The van der Waals surface area contributed by atoms with Gasteiger partial charge in [0.2, 0.25) is 5.91 Å². The minimum absolute atomic E-state index is 0.222. The maximum absolute atomic E-state index is 12.5. The Kier molecular flexibility index (Phi) is 5.81. The van der Waals surface area contributed by atoms with Crippen molar-refractivity contribution in [3.63, 3.8) is 0 Å². The lowest BCUT2D eigenvalue weighted by Crippen LogP contribution is -2.32. The van der Waals surface area contributed by atoms with Crippen molar-refractivity contribution < 1.29 is 23.7 Å². The molecule has 0 saturated carbocycles. The highest BCUT2D eigenvalue weighted by Gasteiger charge is 2.18. The van der Waals surface area contributed by atoms with Crippen molar-refractivity contribution in [1.29, 1.82) is 0 Å². The maximum Gasteiger partial charge on any atom is 0.246 e. The molecule has 0 aromatic heterocycles. The van der Waals surface area contributed by atoms with Gasteiger partial charge in [-0.15, -0.1) is 0 Å². The lowest BCUT2D eigenvalue weighted by atomic mass is 10.2. The molecule has 1 amide bonds. The molecule has 0 bridgehead atoms. The average Bonchev–Trinajstić information content (AvgIpc) is 2.68. The number of carbonyl (C=O) groups excluding carboxylic acids is 1. The lowest BCUT2D eigenvalue weighted by molar-refractivity contribution is -0.116. The molecule has 1 aliphatic heterocycles. The van der Waals surface area contributed by atoms with Crippen LogP contribution in [0.5, 0.6) is 23.0 Å². The summed E-state index contributed by atoms with van der Waals surface area (Å²) in [5.41, 5.74) is 1.21. The summed E-state index contributed by atoms with van der Waals surface area (Å²) in [7, 11) is 3.06. The summed E-state index contributed by atoms with van der Waals surface area (Å²) in [6.45, 7) is 2.75. The fraction of sp³-hybridized carbons (Fsp3) is 0.316. The van der Waals surface area contributed by atoms with Gasteiger partial charge in [-0.1, -0.05) is 11.6 Å². The van der Waals surface area contributed by atoms with Gasteiger partial charge in [0.15, 0.2) is 11.5 Å². The van der Waals surface area contributed by atoms with Crippen LogP contribution in [0.2, 0.25) is 5.02 Å². The third-order valence-electron chi connectivity index (χ3n) is 4.05. The summed E-state index contributed by atoms with van der Waals surface area (Å²) in [6, 6.07) is 8.06. The van der Waals surface area contributed by atoms with Gasteiger partial charge in [-0.05, 0) is 25.1 Å². The molecule has 1 atom stereocenters. The van der Waals surface area contributed by atoms with Gasteiger partial charge in [-0.3, -0.25) is 4.79 Å². The van der Waals surface area contributed by atoms with Gasteiger partial charge in [0.25, 0.3) is 0 Å². The maximum atomic E-state index is 12.5. The van der Waals surface area contributed by atoms with Gasteiger partial charge in [0.1, 0.15) is 30.8 Å². The van der Waals surface area contributed by atoms with Crippen LogP contribution in [-0.2, 0) is 4.79 Å². The Morgan fingerprint density at radius 2 is 1.78 bits per heavy atom. The number of ether oxygens (including phenoxy) is 4. The van der Waals surface area contributed by atoms with E-state index < -0.39 is 6.04 Å². The zero-order valence-corrected chi connectivity index (χ0v) is 16.1. The first-order valence-electron chi connectivity index (χ1n) is 8.40. The van der Waals surface area contributed by atoms with Crippen molar-refractivity contribution >= 4 is 28.9 Å². The van der Waals surface area contributed by atoms with Crippen molar-refractivity contribution in [3.8, 4) is 23.0 Å². The topological polar surface area (TPSA) is 78.1 Å². The first-order valence-corrected chi connectivity index (χ1v) is 8.78. The van der Waals surface area contributed by atoms with Crippen molar-refractivity contribution in [2.45, 2.75) is 13.0 Å². The van der Waals surface area contributed by atoms with Crippen LogP contribution in [0, 0.1) is 0 Å². The first kappa shape index (κ1) is 19.0. The Morgan fingerprint density at radius 3 is 2.48 bits per heavy atom. The number of amides is 1. The molecule has 8 heteroatoms. The number of hydrogen-bond acceptors (Lipinski definition) is 6. The molecule has 2 N–H and O–H groups in total. The number of carbonyl (C=O) groups is 1. The Balaban J connectivity index is 1.70. The molecule has 2 aromatic rings. The van der Waals surface area contributed by atoms with Gasteiger partial charge in [0, 0.05) is 17.8 Å². The second-order valence-electron chi connectivity index (χ2n) is 5.90. The molecule has 144 valence electrons. The molecule has 1 unspecified atom stereocenters. The number of methoxy groups -OCH3 is 2. The molecule has 27 heavy (non-hydrogen) atoms. The summed E-state index contributed by atoms with van der Waals surface area (Å²) in [6.07, 6.45) is 0. The predicted octanol–water partition coefficient (Wildman–Crippen LogP) is 3.57. The molecule has 0 saturated heterocycles. The second kappa shape index (κ2) is 8.26. The molecule has 0 fully saturated rings. The van der Waals surface area contributed by atoms with Crippen LogP contribution in [0.1, 0.15) is 6.92 Å². The molecule has 3 rings (SSSR count). The summed E-state index contributed by atoms with van der Waals surface area (Å²) in [5, 5.41) is 6.37. The average molecular weight is 393 g/mol. The van der Waals surface area contributed by atoms with E-state index in [2.05, 4.69) is 10.6 Å². The Bertz CT molecular complexity index is 843. The van der Waals surface area contributed by atoms with E-state index in [1.54, 1.807) is 37.3 Å². The highest BCUT2D eigenvalue weighted by atomic mass is 35.5. The van der Waals surface area contributed by atoms with E-state index in [0.717, 1.165) is 0 Å². The summed E-state index contributed by atoms with van der Waals surface area (Å²) >= 11 is 6.17. The predicted molar refractivity (Wildman–Crippen MR) is 104 cm³/mol. The zero-order valence-electron chi connectivity index (χ0n) is 15.3. The number of fused-ring (bicyclic) bond motifs is 1. The highest BCUT2D eigenvalue weighted by molar-refractivity contribution is 6.32. The largest absolute Gasteiger partial charge is 0.495 e. The summed E-state index contributed by atoms with van der Waals surface area (Å²) in [4.78, 5) is 12.5. The van der Waals surface area contributed by atoms with E-state index in [-0.39, 0.29) is 5.91 Å². The molecule has 0 spiro atoms. The smallest absolute Gasteiger partial charge is 0.246 e. The molecular weight excluding hydrogens is 372 g/mol. The highest BCUT2D eigenvalue weighted by Crippen LogP contribution is 2.36. The van der Waals surface area contributed by atoms with Crippen LogP contribution in [0.15, 0.2) is 30.3 Å². The number of rotatable bonds is 6. The molecule has 2 aromatic carbocycles. The minimum Gasteiger partial charge on any atom is -0.495 e. The van der Waals surface area contributed by atoms with Crippen LogP contribution in [-0.4, -0.2) is 39.4 Å². The van der Waals surface area contributed by atoms with Crippen LogP contribution in [0.3, 0.4) is 0 Å². The standard InChI is InChI=1S/C19H21ClN2O5/c1-11(21-14-9-13(20)16(24-2)10-17(14)25-3)19(23)22-12-4-5-15-18(8-12)27-7-6-26-15/h4-5,8-11,21H,6-7H2,1-3H3,(H,22,23). The first-order chi connectivity index (χ1) is 13.0. The van der Waals surface area contributed by atoms with Gasteiger partial charge >= 0.3 is 0 Å². The quantitative estimate of drug-likeness (QED) is 0.782. The molecule has 7 nitrogen and oxygen atoms in total. The third-order valence-corrected chi connectivity index (χ3v) is 4.34. The molecule has 0 aliphatic carbocycles. The third kappa shape index (κ3) is 4.31. The number of nitrogens with one attached hydrogen (secondary N) is 2. The lowest BCUT2D eigenvalue weighted by Gasteiger charge is -2.20. The summed E-state index contributed by atoms with van der Waals surface area (Å²) in [5.74, 6) is 2.08. The zero-order chi connectivity index (χ0) is 19.4. The van der Waals surface area contributed by atoms with Crippen molar-refractivity contribution in [1.82, 2.24) is 0 Å². The normalized spacial score (nSPS) is 13.5. The SMILES string of the molecule is COc1cc(OC)c(NC(C)C(=O)Nc2ccc3c(c2)OCCO3)cc1Cl. The van der Waals surface area contributed by atoms with E-state index in [1.807, 2.05) is 0 Å². The minimum atomic E-state index is -0.545. The van der Waals surface area contributed by atoms with Crippen molar-refractivity contribution in [2.24, 2.45) is 0 Å². The van der Waals surface area contributed by atoms with E-state index in [4.69, 9.17) is 30.5 Å². The van der Waals surface area contributed by atoms with E-state index in [1.165, 1.54) is 14.2 Å². The summed E-state index contributed by atoms with van der Waals surface area (Å²) < 4.78 is 21.5. The number of halogens is 1. The number of hydrogen-bond donors (Lipinski definition) is 2. The van der Waals surface area contributed by atoms with Gasteiger partial charge < -0.3 is 29.6 Å². The Hall–Kier alpha value is -2.80. The fourth-order valence-corrected chi connectivity index (χ4v) is 2.88. The van der Waals surface area contributed by atoms with Gasteiger partial charge in [-0.25, -0.2) is 0 Å². The van der Waals surface area contributed by atoms with E-state index in [9.17, 15) is 4.79 Å². The van der Waals surface area contributed by atoms with Crippen LogP contribution in [0.4, 0.5) is 11.4 Å². The number of benzene rings is 2. The van der Waals surface area contributed by atoms with Crippen molar-refractivity contribution in [3.05, 3.63) is 35.4 Å². The van der Waals surface area contributed by atoms with E-state index >= 15 is 0 Å². The Labute approximate surface area is 162 Å². The van der Waals surface area contributed by atoms with Crippen molar-refractivity contribution in [2.75, 3.05) is 38.1 Å². The molecule has 1 heterocycles. The van der Waals surface area contributed by atoms with Crippen LogP contribution < -0.4 is 29.6 Å². The fourth-order valence-electron chi connectivity index (χ4n) is 2.64. The van der Waals surface area contributed by atoms with Crippen LogP contribution in [0.25, 0.3) is 0 Å². The molecule has 0 radical (unpaired) electrons. The molecular formula is C19H21ClN2O5. The number of anilines is 2.